The number of benzene rings is 1. The molecule has 1 fully saturated rings. The number of piperazine rings is 1. The molecule has 21 heavy (non-hydrogen) atoms. The van der Waals surface area contributed by atoms with Gasteiger partial charge in [-0.3, -0.25) is 4.79 Å². The number of hydrogen-bond acceptors (Lipinski definition) is 4. The van der Waals surface area contributed by atoms with Crippen molar-refractivity contribution in [1.82, 2.24) is 9.80 Å². The van der Waals surface area contributed by atoms with Crippen molar-refractivity contribution in [2.45, 2.75) is 0 Å². The second-order valence-corrected chi connectivity index (χ2v) is 6.16. The minimum atomic E-state index is -0.306. The number of rotatable bonds is 1. The third kappa shape index (κ3) is 3.33. The van der Waals surface area contributed by atoms with Crippen molar-refractivity contribution >= 4 is 28.9 Å². The van der Waals surface area contributed by atoms with Crippen LogP contribution in [0.4, 0.5) is 4.39 Å². The second-order valence-electron chi connectivity index (χ2n) is 5.16. The Balaban J connectivity index is 1.73. The Hall–Kier alpha value is -1.66. The van der Waals surface area contributed by atoms with Crippen molar-refractivity contribution in [1.29, 1.82) is 0 Å². The van der Waals surface area contributed by atoms with E-state index in [0.29, 0.717) is 10.5 Å². The first kappa shape index (κ1) is 14.3. The van der Waals surface area contributed by atoms with Crippen molar-refractivity contribution in [3.8, 4) is 0 Å². The van der Waals surface area contributed by atoms with Crippen LogP contribution in [0.2, 0.25) is 0 Å². The van der Waals surface area contributed by atoms with Crippen molar-refractivity contribution in [3.05, 3.63) is 40.6 Å². The van der Waals surface area contributed by atoms with E-state index in [9.17, 15) is 9.18 Å². The Morgan fingerprint density at radius 2 is 2.05 bits per heavy atom. The monoisotopic (exact) mass is 305 g/mol. The summed E-state index contributed by atoms with van der Waals surface area (Å²) in [6.07, 6.45) is 1.70. The molecule has 6 heteroatoms. The molecule has 0 radical (unpaired) electrons. The first-order valence-corrected chi connectivity index (χ1v) is 7.65. The number of halogens is 1. The molecule has 0 saturated carbocycles. The smallest absolute Gasteiger partial charge is 0.286 e. The number of amides is 1. The summed E-state index contributed by atoms with van der Waals surface area (Å²) in [5, 5.41) is 0.760. The molecule has 2 heterocycles. The zero-order valence-electron chi connectivity index (χ0n) is 11.8. The number of aliphatic imine (C=N–C) groups is 1. The van der Waals surface area contributed by atoms with E-state index < -0.39 is 0 Å². The number of hydrogen-bond donors (Lipinski definition) is 0. The van der Waals surface area contributed by atoms with E-state index in [4.69, 9.17) is 0 Å². The van der Waals surface area contributed by atoms with Gasteiger partial charge in [-0.25, -0.2) is 4.39 Å². The largest absolute Gasteiger partial charge is 0.348 e. The van der Waals surface area contributed by atoms with Crippen LogP contribution in [0, 0.1) is 5.82 Å². The van der Waals surface area contributed by atoms with E-state index in [1.54, 1.807) is 18.2 Å². The van der Waals surface area contributed by atoms with Gasteiger partial charge in [0.2, 0.25) is 0 Å². The van der Waals surface area contributed by atoms with Crippen LogP contribution in [-0.4, -0.2) is 54.1 Å². The van der Waals surface area contributed by atoms with Crippen molar-refractivity contribution in [2.24, 2.45) is 4.99 Å². The van der Waals surface area contributed by atoms with E-state index in [1.807, 2.05) is 0 Å². The van der Waals surface area contributed by atoms with Gasteiger partial charge in [0, 0.05) is 26.2 Å². The lowest BCUT2D eigenvalue weighted by Gasteiger charge is -2.32. The Labute approximate surface area is 127 Å². The molecular weight excluding hydrogens is 289 g/mol. The van der Waals surface area contributed by atoms with Crippen molar-refractivity contribution in [2.75, 3.05) is 33.2 Å². The zero-order valence-corrected chi connectivity index (χ0v) is 12.6. The molecule has 1 saturated heterocycles. The van der Waals surface area contributed by atoms with Gasteiger partial charge in [-0.05, 0) is 42.6 Å². The topological polar surface area (TPSA) is 35.9 Å². The average molecular weight is 305 g/mol. The maximum atomic E-state index is 13.2. The zero-order chi connectivity index (χ0) is 14.8. The summed E-state index contributed by atoms with van der Waals surface area (Å²) >= 11 is 1.37. The highest BCUT2D eigenvalue weighted by Gasteiger charge is 2.27. The molecule has 1 amide bonds. The fraction of sp³-hybridized carbons (Fsp3) is 0.333. The molecular formula is C15H16FN3OS. The highest BCUT2D eigenvalue weighted by molar-refractivity contribution is 8.18. The van der Waals surface area contributed by atoms with Gasteiger partial charge in [0.15, 0.2) is 5.17 Å². The molecule has 0 bridgehead atoms. The molecule has 0 unspecified atom stereocenters. The summed E-state index contributed by atoms with van der Waals surface area (Å²) in [7, 11) is 2.08. The molecule has 0 aliphatic carbocycles. The lowest BCUT2D eigenvalue weighted by atomic mass is 10.2. The van der Waals surface area contributed by atoms with Crippen molar-refractivity contribution in [3.63, 3.8) is 0 Å². The minimum absolute atomic E-state index is 0.238. The van der Waals surface area contributed by atoms with Gasteiger partial charge in [-0.1, -0.05) is 12.1 Å². The van der Waals surface area contributed by atoms with Gasteiger partial charge in [0.1, 0.15) is 5.82 Å². The molecule has 0 N–H and O–H groups in total. The summed E-state index contributed by atoms with van der Waals surface area (Å²) in [6.45, 7) is 3.69. The fourth-order valence-electron chi connectivity index (χ4n) is 2.28. The van der Waals surface area contributed by atoms with Crippen LogP contribution < -0.4 is 0 Å². The number of carbonyl (C=O) groups is 1. The predicted octanol–water partition coefficient (Wildman–Crippen LogP) is 2.04. The fourth-order valence-corrected chi connectivity index (χ4v) is 3.24. The molecule has 0 aromatic heterocycles. The summed E-state index contributed by atoms with van der Waals surface area (Å²) < 4.78 is 13.2. The second kappa shape index (κ2) is 5.99. The summed E-state index contributed by atoms with van der Waals surface area (Å²) in [6, 6.07) is 6.21. The van der Waals surface area contributed by atoms with E-state index >= 15 is 0 Å². The van der Waals surface area contributed by atoms with Crippen LogP contribution >= 0.6 is 11.8 Å². The SMILES string of the molecule is CN1CCN(C2=NC(=O)C(=Cc3cccc(F)c3)S2)CC1. The van der Waals surface area contributed by atoms with Gasteiger partial charge in [0.05, 0.1) is 4.91 Å². The molecule has 4 nitrogen and oxygen atoms in total. The van der Waals surface area contributed by atoms with E-state index in [0.717, 1.165) is 31.3 Å². The van der Waals surface area contributed by atoms with Gasteiger partial charge < -0.3 is 9.80 Å². The number of nitrogens with zero attached hydrogens (tertiary/aromatic N) is 3. The standard InChI is InChI=1S/C15H16FN3OS/c1-18-5-7-19(8-6-18)15-17-14(20)13(21-15)10-11-3-2-4-12(16)9-11/h2-4,9-10H,5-8H2,1H3. The average Bonchev–Trinajstić information content (AvgIpc) is 2.81. The quantitative estimate of drug-likeness (QED) is 0.744. The minimum Gasteiger partial charge on any atom is -0.348 e. The molecule has 2 aliphatic heterocycles. The highest BCUT2D eigenvalue weighted by atomic mass is 32.2. The van der Waals surface area contributed by atoms with Crippen LogP contribution in [0.15, 0.2) is 34.2 Å². The lowest BCUT2D eigenvalue weighted by molar-refractivity contribution is -0.113. The summed E-state index contributed by atoms with van der Waals surface area (Å²) in [5.74, 6) is -0.543. The number of carbonyl (C=O) groups excluding carboxylic acids is 1. The number of likely N-dealkylation sites (N-methyl/N-ethyl adjacent to an activating group) is 1. The molecule has 1 aromatic rings. The van der Waals surface area contributed by atoms with Crippen LogP contribution in [0.25, 0.3) is 6.08 Å². The third-order valence-corrected chi connectivity index (χ3v) is 4.57. The molecule has 1 aromatic carbocycles. The Kier molecular flexibility index (Phi) is 4.07. The first-order chi connectivity index (χ1) is 10.1. The van der Waals surface area contributed by atoms with E-state index in [2.05, 4.69) is 21.8 Å². The Bertz CT molecular complexity index is 621. The van der Waals surface area contributed by atoms with Crippen LogP contribution in [0.3, 0.4) is 0 Å². The maximum Gasteiger partial charge on any atom is 0.286 e. The van der Waals surface area contributed by atoms with Crippen molar-refractivity contribution < 1.29 is 9.18 Å². The van der Waals surface area contributed by atoms with Gasteiger partial charge >= 0.3 is 0 Å². The summed E-state index contributed by atoms with van der Waals surface area (Å²) in [4.78, 5) is 21.0. The molecule has 110 valence electrons. The first-order valence-electron chi connectivity index (χ1n) is 6.83. The molecule has 0 atom stereocenters. The lowest BCUT2D eigenvalue weighted by Crippen LogP contribution is -2.46. The predicted molar refractivity (Wildman–Crippen MR) is 83.5 cm³/mol. The van der Waals surface area contributed by atoms with Gasteiger partial charge in [0.25, 0.3) is 5.91 Å². The summed E-state index contributed by atoms with van der Waals surface area (Å²) in [5.41, 5.74) is 0.681. The Morgan fingerprint density at radius 3 is 2.76 bits per heavy atom. The third-order valence-electron chi connectivity index (χ3n) is 3.53. The van der Waals surface area contributed by atoms with Crippen LogP contribution in [0.1, 0.15) is 5.56 Å². The van der Waals surface area contributed by atoms with E-state index in [-0.39, 0.29) is 11.7 Å². The number of thioether (sulfide) groups is 1. The van der Waals surface area contributed by atoms with E-state index in [1.165, 1.54) is 23.9 Å². The molecule has 3 rings (SSSR count). The van der Waals surface area contributed by atoms with Gasteiger partial charge in [-0.15, -0.1) is 0 Å². The molecule has 0 spiro atoms. The van der Waals surface area contributed by atoms with Gasteiger partial charge in [-0.2, -0.15) is 4.99 Å². The maximum absolute atomic E-state index is 13.2. The van der Waals surface area contributed by atoms with Crippen LogP contribution in [-0.2, 0) is 4.79 Å². The highest BCUT2D eigenvalue weighted by Crippen LogP contribution is 2.30. The normalized spacial score (nSPS) is 22.0. The number of amidine groups is 1. The van der Waals surface area contributed by atoms with Crippen LogP contribution in [0.5, 0.6) is 0 Å². The Morgan fingerprint density at radius 1 is 1.29 bits per heavy atom. The molecule has 2 aliphatic rings.